The second kappa shape index (κ2) is 10.1. The highest BCUT2D eigenvalue weighted by molar-refractivity contribution is 5.00. The smallest absolute Gasteiger partial charge is 0.226 e. The van der Waals surface area contributed by atoms with Crippen LogP contribution in [0, 0.1) is 29.9 Å². The highest BCUT2D eigenvalue weighted by Gasteiger charge is 2.47. The molecule has 1 fully saturated rings. The van der Waals surface area contributed by atoms with Crippen LogP contribution in [0.15, 0.2) is 0 Å². The summed E-state index contributed by atoms with van der Waals surface area (Å²) in [4.78, 5) is 7.72. The molecule has 1 aliphatic carbocycles. The van der Waals surface area contributed by atoms with Gasteiger partial charge in [-0.25, -0.2) is 13.1 Å². The second-order valence-corrected chi connectivity index (χ2v) is 9.24. The highest BCUT2D eigenvalue weighted by atomic mass is 14.7. The molecule has 0 bridgehead atoms. The van der Waals surface area contributed by atoms with Crippen LogP contribution in [0.4, 0.5) is 0 Å². The molecule has 0 aromatic carbocycles. The van der Waals surface area contributed by atoms with Crippen LogP contribution in [0.5, 0.6) is 0 Å². The van der Waals surface area contributed by atoms with Crippen LogP contribution >= 0.6 is 0 Å². The topological polar surface area (TPSA) is 8.72 Å². The van der Waals surface area contributed by atoms with E-state index in [0.29, 0.717) is 12.5 Å². The Balaban J connectivity index is 2.48. The van der Waals surface area contributed by atoms with Gasteiger partial charge in [0.25, 0.3) is 0 Å². The predicted octanol–water partition coefficient (Wildman–Crippen LogP) is 7.17. The van der Waals surface area contributed by atoms with E-state index in [4.69, 9.17) is 13.1 Å². The van der Waals surface area contributed by atoms with Crippen molar-refractivity contribution in [2.24, 2.45) is 16.7 Å². The van der Waals surface area contributed by atoms with Crippen molar-refractivity contribution in [1.29, 1.82) is 0 Å². The summed E-state index contributed by atoms with van der Waals surface area (Å²) >= 11 is 0. The van der Waals surface area contributed by atoms with Gasteiger partial charge in [-0.3, -0.25) is 0 Å². The molecular weight excluding hydrogens is 292 g/mol. The Morgan fingerprint density at radius 1 is 0.958 bits per heavy atom. The Labute approximate surface area is 151 Å². The summed E-state index contributed by atoms with van der Waals surface area (Å²) in [7, 11) is 0. The van der Waals surface area contributed by atoms with Gasteiger partial charge in [-0.2, -0.15) is 0 Å². The summed E-state index contributed by atoms with van der Waals surface area (Å²) in [5, 5.41) is 0. The number of nitrogens with zero attached hydrogens (tertiary/aromatic N) is 2. The summed E-state index contributed by atoms with van der Waals surface area (Å²) in [5.41, 5.74) is 0.378. The summed E-state index contributed by atoms with van der Waals surface area (Å²) in [6, 6.07) is 0.172. The van der Waals surface area contributed by atoms with Crippen LogP contribution in [0.25, 0.3) is 9.69 Å². The maximum absolute atomic E-state index is 7.69. The molecule has 1 aliphatic rings. The van der Waals surface area contributed by atoms with Gasteiger partial charge >= 0.3 is 0 Å². The first kappa shape index (κ1) is 21.0. The van der Waals surface area contributed by atoms with Crippen LogP contribution in [-0.2, 0) is 0 Å². The van der Waals surface area contributed by atoms with E-state index in [9.17, 15) is 0 Å². The molecule has 0 amide bonds. The van der Waals surface area contributed by atoms with Gasteiger partial charge in [-0.15, -0.1) is 0 Å². The molecule has 0 radical (unpaired) electrons. The van der Waals surface area contributed by atoms with Gasteiger partial charge in [0, 0.05) is 17.8 Å². The molecule has 2 nitrogen and oxygen atoms in total. The van der Waals surface area contributed by atoms with Gasteiger partial charge in [-0.05, 0) is 31.1 Å². The number of hydrogen-bond acceptors (Lipinski definition) is 0. The van der Waals surface area contributed by atoms with E-state index in [-0.39, 0.29) is 16.9 Å². The molecular formula is C22H38N2. The van der Waals surface area contributed by atoms with Crippen molar-refractivity contribution in [2.45, 2.75) is 104 Å². The summed E-state index contributed by atoms with van der Waals surface area (Å²) in [6.07, 6.45) is 13.6. The van der Waals surface area contributed by atoms with Crippen LogP contribution in [0.3, 0.4) is 0 Å². The van der Waals surface area contributed by atoms with Crippen molar-refractivity contribution in [1.82, 2.24) is 0 Å². The zero-order chi connectivity index (χ0) is 18.1. The van der Waals surface area contributed by atoms with E-state index < -0.39 is 0 Å². The lowest BCUT2D eigenvalue weighted by atomic mass is 9.59. The maximum Gasteiger partial charge on any atom is 0.226 e. The Hall–Kier alpha value is -1.02. The van der Waals surface area contributed by atoms with Crippen LogP contribution in [0.2, 0.25) is 0 Å². The minimum Gasteiger partial charge on any atom is -0.316 e. The van der Waals surface area contributed by atoms with E-state index in [1.165, 1.54) is 44.9 Å². The normalized spacial score (nSPS) is 27.2. The third-order valence-electron chi connectivity index (χ3n) is 5.75. The molecule has 0 heterocycles. The Bertz CT molecular complexity index is 440. The predicted molar refractivity (Wildman–Crippen MR) is 104 cm³/mol. The van der Waals surface area contributed by atoms with E-state index in [0.717, 1.165) is 25.7 Å². The number of unbranched alkanes of at least 4 members (excludes halogenated alkanes) is 6. The Morgan fingerprint density at radius 2 is 1.58 bits per heavy atom. The van der Waals surface area contributed by atoms with Crippen LogP contribution in [0.1, 0.15) is 98.3 Å². The molecule has 0 aliphatic heterocycles. The van der Waals surface area contributed by atoms with Gasteiger partial charge in [0.05, 0.1) is 0 Å². The molecule has 0 aromatic heterocycles. The zero-order valence-electron chi connectivity index (χ0n) is 16.5. The monoisotopic (exact) mass is 330 g/mol. The first-order chi connectivity index (χ1) is 11.4. The minimum absolute atomic E-state index is 0.108. The largest absolute Gasteiger partial charge is 0.316 e. The molecule has 0 spiro atoms. The average Bonchev–Trinajstić information content (AvgIpc) is 2.48. The summed E-state index contributed by atoms with van der Waals surface area (Å²) in [6.45, 7) is 24.8. The van der Waals surface area contributed by atoms with E-state index in [1.54, 1.807) is 0 Å². The fraction of sp³-hybridized carbons (Fsp3) is 0.909. The average molecular weight is 331 g/mol. The van der Waals surface area contributed by atoms with Crippen molar-refractivity contribution < 1.29 is 0 Å². The molecule has 136 valence electrons. The number of rotatable bonds is 10. The first-order valence-corrected chi connectivity index (χ1v) is 10.1. The molecule has 2 heteroatoms. The van der Waals surface area contributed by atoms with Gasteiger partial charge in [0.2, 0.25) is 12.6 Å². The SMILES string of the molecule is [C-]#[N+]CC1(C)CC(C(CCCCCCCCC)[N+]#[C-])CC(C)(C)C1. The Morgan fingerprint density at radius 3 is 2.17 bits per heavy atom. The molecule has 0 N–H and O–H groups in total. The van der Waals surface area contributed by atoms with Crippen LogP contribution in [-0.4, -0.2) is 12.6 Å². The molecule has 0 saturated heterocycles. The Kier molecular flexibility index (Phi) is 8.83. The highest BCUT2D eigenvalue weighted by Crippen LogP contribution is 2.50. The van der Waals surface area contributed by atoms with E-state index in [1.807, 2.05) is 0 Å². The lowest BCUT2D eigenvalue weighted by Gasteiger charge is -2.44. The fourth-order valence-electron chi connectivity index (χ4n) is 5.01. The first-order valence-electron chi connectivity index (χ1n) is 10.1. The molecule has 0 aromatic rings. The van der Waals surface area contributed by atoms with Gasteiger partial charge in [-0.1, -0.05) is 66.2 Å². The minimum atomic E-state index is 0.108. The maximum atomic E-state index is 7.69. The molecule has 1 saturated carbocycles. The number of hydrogen-bond donors (Lipinski definition) is 0. The zero-order valence-corrected chi connectivity index (χ0v) is 16.5. The van der Waals surface area contributed by atoms with Crippen molar-refractivity contribution >= 4 is 0 Å². The standard InChI is InChI=1S/C22H38N2/c1-7-8-9-10-11-12-13-14-20(24-6)19-15-21(2,3)17-22(4,16-19)18-23-5/h19-20H,7-18H2,1-4H3. The van der Waals surface area contributed by atoms with Crippen LogP contribution < -0.4 is 0 Å². The lowest BCUT2D eigenvalue weighted by Crippen LogP contribution is -2.40. The van der Waals surface area contributed by atoms with Crippen molar-refractivity contribution in [3.05, 3.63) is 22.8 Å². The summed E-state index contributed by atoms with van der Waals surface area (Å²) < 4.78 is 0. The van der Waals surface area contributed by atoms with E-state index in [2.05, 4.69) is 37.4 Å². The van der Waals surface area contributed by atoms with E-state index >= 15 is 0 Å². The van der Waals surface area contributed by atoms with Gasteiger partial charge < -0.3 is 9.69 Å². The fourth-order valence-corrected chi connectivity index (χ4v) is 5.01. The van der Waals surface area contributed by atoms with Crippen molar-refractivity contribution in [3.63, 3.8) is 0 Å². The third-order valence-corrected chi connectivity index (χ3v) is 5.75. The molecule has 3 unspecified atom stereocenters. The lowest BCUT2D eigenvalue weighted by molar-refractivity contribution is 0.0577. The quantitative estimate of drug-likeness (QED) is 0.296. The summed E-state index contributed by atoms with van der Waals surface area (Å²) in [5.74, 6) is 0.484. The van der Waals surface area contributed by atoms with Gasteiger partial charge in [0.15, 0.2) is 0 Å². The third kappa shape index (κ3) is 7.25. The van der Waals surface area contributed by atoms with Gasteiger partial charge in [0.1, 0.15) is 0 Å². The molecule has 3 atom stereocenters. The molecule has 24 heavy (non-hydrogen) atoms. The second-order valence-electron chi connectivity index (χ2n) is 9.24. The molecule has 1 rings (SSSR count). The van der Waals surface area contributed by atoms with Crippen molar-refractivity contribution in [3.8, 4) is 0 Å². The van der Waals surface area contributed by atoms with Crippen molar-refractivity contribution in [2.75, 3.05) is 6.54 Å².